The highest BCUT2D eigenvalue weighted by molar-refractivity contribution is 5.91. The lowest BCUT2D eigenvalue weighted by atomic mass is 10.2. The van der Waals surface area contributed by atoms with E-state index in [2.05, 4.69) is 11.1 Å². The Labute approximate surface area is 117 Å². The summed E-state index contributed by atoms with van der Waals surface area (Å²) in [5, 5.41) is 0. The SMILES string of the molecule is O=C(c1ccco1)N1CC[NH+](Cc2cccnc2)CC1. The van der Waals surface area contributed by atoms with Crippen LogP contribution in [0.1, 0.15) is 16.1 Å². The molecule has 1 amide bonds. The van der Waals surface area contributed by atoms with Gasteiger partial charge in [-0.25, -0.2) is 0 Å². The zero-order valence-corrected chi connectivity index (χ0v) is 11.3. The standard InChI is InChI=1S/C15H17N3O2/c19-15(14-4-2-10-20-14)18-8-6-17(7-9-18)12-13-3-1-5-16-11-13/h1-5,10-11H,6-9,12H2/p+1. The van der Waals surface area contributed by atoms with Crippen LogP contribution in [0.25, 0.3) is 0 Å². The summed E-state index contributed by atoms with van der Waals surface area (Å²) in [6.07, 6.45) is 5.24. The zero-order valence-electron chi connectivity index (χ0n) is 11.3. The minimum absolute atomic E-state index is 0.00423. The Morgan fingerprint density at radius 2 is 2.15 bits per heavy atom. The maximum atomic E-state index is 12.1. The van der Waals surface area contributed by atoms with E-state index in [1.54, 1.807) is 18.3 Å². The molecule has 1 aliphatic rings. The van der Waals surface area contributed by atoms with Gasteiger partial charge in [-0.05, 0) is 18.2 Å². The van der Waals surface area contributed by atoms with Crippen molar-refractivity contribution < 1.29 is 14.1 Å². The van der Waals surface area contributed by atoms with Crippen molar-refractivity contribution in [1.29, 1.82) is 0 Å². The van der Waals surface area contributed by atoms with Crippen LogP contribution in [-0.2, 0) is 6.54 Å². The fourth-order valence-corrected chi connectivity index (χ4v) is 2.55. The molecular weight excluding hydrogens is 254 g/mol. The summed E-state index contributed by atoms with van der Waals surface area (Å²) < 4.78 is 5.16. The fourth-order valence-electron chi connectivity index (χ4n) is 2.55. The van der Waals surface area contributed by atoms with Crippen molar-refractivity contribution in [2.75, 3.05) is 26.2 Å². The highest BCUT2D eigenvalue weighted by atomic mass is 16.3. The molecule has 1 N–H and O–H groups in total. The van der Waals surface area contributed by atoms with E-state index in [0.717, 1.165) is 32.7 Å². The highest BCUT2D eigenvalue weighted by Gasteiger charge is 2.25. The van der Waals surface area contributed by atoms with Gasteiger partial charge in [0.2, 0.25) is 0 Å². The molecule has 0 aromatic carbocycles. The van der Waals surface area contributed by atoms with Crippen LogP contribution in [0.15, 0.2) is 47.3 Å². The number of aromatic nitrogens is 1. The van der Waals surface area contributed by atoms with E-state index in [9.17, 15) is 4.79 Å². The Hall–Kier alpha value is -2.14. The van der Waals surface area contributed by atoms with Gasteiger partial charge in [-0.1, -0.05) is 6.07 Å². The largest absolute Gasteiger partial charge is 0.459 e. The van der Waals surface area contributed by atoms with Crippen LogP contribution in [-0.4, -0.2) is 42.0 Å². The topological polar surface area (TPSA) is 50.8 Å². The Balaban J connectivity index is 1.53. The smallest absolute Gasteiger partial charge is 0.289 e. The van der Waals surface area contributed by atoms with Crippen LogP contribution < -0.4 is 4.90 Å². The van der Waals surface area contributed by atoms with E-state index in [1.807, 2.05) is 17.2 Å². The number of pyridine rings is 1. The number of carbonyl (C=O) groups is 1. The van der Waals surface area contributed by atoms with Crippen molar-refractivity contribution in [3.63, 3.8) is 0 Å². The first-order valence-corrected chi connectivity index (χ1v) is 6.88. The lowest BCUT2D eigenvalue weighted by molar-refractivity contribution is -0.917. The van der Waals surface area contributed by atoms with Crippen molar-refractivity contribution in [3.05, 3.63) is 54.2 Å². The Kier molecular flexibility index (Phi) is 3.78. The molecule has 20 heavy (non-hydrogen) atoms. The molecule has 0 saturated carbocycles. The van der Waals surface area contributed by atoms with Crippen molar-refractivity contribution in [2.24, 2.45) is 0 Å². The number of amides is 1. The van der Waals surface area contributed by atoms with Gasteiger partial charge in [0.15, 0.2) is 5.76 Å². The minimum atomic E-state index is -0.00423. The van der Waals surface area contributed by atoms with Crippen LogP contribution in [0.4, 0.5) is 0 Å². The van der Waals surface area contributed by atoms with Crippen LogP contribution in [0.3, 0.4) is 0 Å². The number of hydrogen-bond donors (Lipinski definition) is 1. The second-order valence-corrected chi connectivity index (χ2v) is 5.06. The maximum absolute atomic E-state index is 12.1. The Morgan fingerprint density at radius 1 is 1.30 bits per heavy atom. The first-order chi connectivity index (χ1) is 9.83. The van der Waals surface area contributed by atoms with Crippen molar-refractivity contribution in [2.45, 2.75) is 6.54 Å². The van der Waals surface area contributed by atoms with E-state index in [1.165, 1.54) is 16.7 Å². The van der Waals surface area contributed by atoms with Gasteiger partial charge >= 0.3 is 0 Å². The molecule has 0 spiro atoms. The normalized spacial score (nSPS) is 16.3. The lowest BCUT2D eigenvalue weighted by Gasteiger charge is -2.31. The zero-order chi connectivity index (χ0) is 13.8. The fraction of sp³-hybridized carbons (Fsp3) is 0.333. The molecule has 0 radical (unpaired) electrons. The van der Waals surface area contributed by atoms with Crippen molar-refractivity contribution in [3.8, 4) is 0 Å². The van der Waals surface area contributed by atoms with Gasteiger partial charge in [-0.15, -0.1) is 0 Å². The summed E-state index contributed by atoms with van der Waals surface area (Å²) in [7, 11) is 0. The number of carbonyl (C=O) groups excluding carboxylic acids is 1. The summed E-state index contributed by atoms with van der Waals surface area (Å²) in [4.78, 5) is 19.6. The van der Waals surface area contributed by atoms with Crippen LogP contribution in [0.5, 0.6) is 0 Å². The molecule has 104 valence electrons. The number of furan rings is 1. The summed E-state index contributed by atoms with van der Waals surface area (Å²) in [6.45, 7) is 4.43. The van der Waals surface area contributed by atoms with Gasteiger partial charge in [0.05, 0.1) is 32.4 Å². The van der Waals surface area contributed by atoms with Crippen molar-refractivity contribution in [1.82, 2.24) is 9.88 Å². The second kappa shape index (κ2) is 5.88. The summed E-state index contributed by atoms with van der Waals surface area (Å²) in [5.74, 6) is 0.427. The Bertz CT molecular complexity index is 546. The van der Waals surface area contributed by atoms with E-state index in [4.69, 9.17) is 4.42 Å². The molecule has 5 heteroatoms. The molecule has 3 rings (SSSR count). The lowest BCUT2D eigenvalue weighted by Crippen LogP contribution is -3.13. The third-order valence-corrected chi connectivity index (χ3v) is 3.67. The van der Waals surface area contributed by atoms with Crippen molar-refractivity contribution >= 4 is 5.91 Å². The van der Waals surface area contributed by atoms with Gasteiger partial charge in [0.1, 0.15) is 6.54 Å². The summed E-state index contributed by atoms with van der Waals surface area (Å²) in [5.41, 5.74) is 1.24. The van der Waals surface area contributed by atoms with E-state index >= 15 is 0 Å². The quantitative estimate of drug-likeness (QED) is 0.869. The van der Waals surface area contributed by atoms with E-state index in [0.29, 0.717) is 5.76 Å². The number of nitrogens with one attached hydrogen (secondary N) is 1. The van der Waals surface area contributed by atoms with Crippen LogP contribution in [0.2, 0.25) is 0 Å². The second-order valence-electron chi connectivity index (χ2n) is 5.06. The van der Waals surface area contributed by atoms with Gasteiger partial charge in [-0.3, -0.25) is 9.78 Å². The molecule has 0 atom stereocenters. The highest BCUT2D eigenvalue weighted by Crippen LogP contribution is 2.05. The maximum Gasteiger partial charge on any atom is 0.289 e. The van der Waals surface area contributed by atoms with Crippen LogP contribution >= 0.6 is 0 Å². The van der Waals surface area contributed by atoms with Crippen LogP contribution in [0, 0.1) is 0 Å². The molecule has 0 aliphatic carbocycles. The molecule has 5 nitrogen and oxygen atoms in total. The van der Waals surface area contributed by atoms with Gasteiger partial charge in [-0.2, -0.15) is 0 Å². The van der Waals surface area contributed by atoms with E-state index < -0.39 is 0 Å². The van der Waals surface area contributed by atoms with Gasteiger partial charge < -0.3 is 14.2 Å². The predicted molar refractivity (Wildman–Crippen MR) is 73.2 cm³/mol. The first-order valence-electron chi connectivity index (χ1n) is 6.88. The molecule has 1 aliphatic heterocycles. The molecule has 1 saturated heterocycles. The average molecular weight is 272 g/mol. The van der Waals surface area contributed by atoms with E-state index in [-0.39, 0.29) is 5.91 Å². The molecule has 2 aromatic rings. The molecular formula is C15H18N3O2+. The third kappa shape index (κ3) is 2.88. The number of hydrogen-bond acceptors (Lipinski definition) is 3. The average Bonchev–Trinajstić information content (AvgIpc) is 3.03. The molecule has 3 heterocycles. The molecule has 0 unspecified atom stereocenters. The van der Waals surface area contributed by atoms with Gasteiger partial charge in [0, 0.05) is 18.0 Å². The molecule has 2 aromatic heterocycles. The minimum Gasteiger partial charge on any atom is -0.459 e. The Morgan fingerprint density at radius 3 is 2.80 bits per heavy atom. The third-order valence-electron chi connectivity index (χ3n) is 3.67. The molecule has 1 fully saturated rings. The monoisotopic (exact) mass is 272 g/mol. The number of rotatable bonds is 3. The number of piperazine rings is 1. The summed E-state index contributed by atoms with van der Waals surface area (Å²) in [6, 6.07) is 7.53. The number of nitrogens with zero attached hydrogens (tertiary/aromatic N) is 2. The summed E-state index contributed by atoms with van der Waals surface area (Å²) >= 11 is 0. The van der Waals surface area contributed by atoms with Gasteiger partial charge in [0.25, 0.3) is 5.91 Å². The number of quaternary nitrogens is 1. The first kappa shape index (κ1) is 12.9. The predicted octanol–water partition coefficient (Wildman–Crippen LogP) is 0.215. The molecule has 0 bridgehead atoms.